The molecule has 2 nitrogen and oxygen atoms in total. The fraction of sp³-hybridized carbons (Fsp3) is 0.750. The summed E-state index contributed by atoms with van der Waals surface area (Å²) in [6, 6.07) is 0. The van der Waals surface area contributed by atoms with Crippen LogP contribution in [0.3, 0.4) is 0 Å². The van der Waals surface area contributed by atoms with Crippen LogP contribution in [0.4, 0.5) is 0 Å². The Kier molecular flexibility index (Phi) is 3.30. The normalized spacial score (nSPS) is 49.7. The van der Waals surface area contributed by atoms with E-state index < -0.39 is 0 Å². The molecule has 4 saturated carbocycles. The zero-order valence-corrected chi connectivity index (χ0v) is 15.0. The first-order chi connectivity index (χ1) is 10.8. The zero-order chi connectivity index (χ0) is 16.6. The van der Waals surface area contributed by atoms with Crippen LogP contribution in [0.15, 0.2) is 12.2 Å². The molecule has 0 aromatic rings. The predicted molar refractivity (Wildman–Crippen MR) is 94.2 cm³/mol. The number of carbonyl (C=O) groups is 2. The third-order valence-corrected chi connectivity index (χ3v) is 8.45. The van der Waals surface area contributed by atoms with Crippen molar-refractivity contribution < 1.29 is 9.59 Å². The van der Waals surface area contributed by atoms with Gasteiger partial charge in [0.15, 0.2) is 5.78 Å². The van der Waals surface area contributed by atoms with Crippen LogP contribution in [-0.4, -0.2) is 16.4 Å². The maximum atomic E-state index is 12.5. The van der Waals surface area contributed by atoms with Gasteiger partial charge < -0.3 is 0 Å². The van der Waals surface area contributed by atoms with Gasteiger partial charge in [-0.3, -0.25) is 9.59 Å². The molecule has 3 heteroatoms. The van der Waals surface area contributed by atoms with Crippen LogP contribution in [0.1, 0.15) is 58.8 Å². The number of thiocarbonyl (C=S) groups is 1. The molecule has 0 spiro atoms. The third kappa shape index (κ3) is 1.89. The van der Waals surface area contributed by atoms with Gasteiger partial charge in [0, 0.05) is 24.2 Å². The van der Waals surface area contributed by atoms with Crippen molar-refractivity contribution >= 4 is 28.6 Å². The van der Waals surface area contributed by atoms with E-state index in [1.807, 2.05) is 0 Å². The number of allylic oxidation sites excluding steroid dienone is 1. The van der Waals surface area contributed by atoms with E-state index in [9.17, 15) is 9.59 Å². The fourth-order valence-corrected chi connectivity index (χ4v) is 7.28. The maximum Gasteiger partial charge on any atom is 0.170 e. The SMILES string of the molecule is C=C1C[C@@H]2[C@@H](CC[C@]3(C)C(=O)CC[C@@H]23)[C@@]2(C)CCC(=O)C(=S)C12. The van der Waals surface area contributed by atoms with Crippen molar-refractivity contribution in [3.05, 3.63) is 12.2 Å². The smallest absolute Gasteiger partial charge is 0.170 e. The number of fused-ring (bicyclic) bond motifs is 5. The van der Waals surface area contributed by atoms with Gasteiger partial charge in [-0.25, -0.2) is 0 Å². The Morgan fingerprint density at radius 3 is 2.57 bits per heavy atom. The van der Waals surface area contributed by atoms with Gasteiger partial charge in [-0.1, -0.05) is 38.2 Å². The van der Waals surface area contributed by atoms with Crippen LogP contribution < -0.4 is 0 Å². The number of hydrogen-bond donors (Lipinski definition) is 0. The molecule has 0 amide bonds. The molecule has 124 valence electrons. The first-order valence-electron chi connectivity index (χ1n) is 9.07. The van der Waals surface area contributed by atoms with Gasteiger partial charge in [0.25, 0.3) is 0 Å². The number of ketones is 2. The summed E-state index contributed by atoms with van der Waals surface area (Å²) in [5.74, 6) is 2.40. The Labute approximate surface area is 144 Å². The Hall–Kier alpha value is -0.830. The molecular formula is C20H26O2S. The Morgan fingerprint density at radius 2 is 1.83 bits per heavy atom. The highest BCUT2D eigenvalue weighted by molar-refractivity contribution is 7.82. The van der Waals surface area contributed by atoms with Crippen molar-refractivity contribution in [2.75, 3.05) is 0 Å². The molecule has 4 fully saturated rings. The van der Waals surface area contributed by atoms with E-state index in [0.717, 1.165) is 44.1 Å². The largest absolute Gasteiger partial charge is 0.299 e. The second kappa shape index (κ2) is 4.84. The summed E-state index contributed by atoms with van der Waals surface area (Å²) in [6.45, 7) is 8.90. The van der Waals surface area contributed by atoms with E-state index in [2.05, 4.69) is 20.4 Å². The number of rotatable bonds is 0. The fourth-order valence-electron chi connectivity index (χ4n) is 6.74. The number of carbonyl (C=O) groups excluding carboxylic acids is 2. The highest BCUT2D eigenvalue weighted by Crippen LogP contribution is 2.65. The topological polar surface area (TPSA) is 34.1 Å². The van der Waals surface area contributed by atoms with Gasteiger partial charge in [-0.2, -0.15) is 0 Å². The van der Waals surface area contributed by atoms with E-state index in [0.29, 0.717) is 34.8 Å². The lowest BCUT2D eigenvalue weighted by molar-refractivity contribution is -0.134. The Balaban J connectivity index is 1.74. The minimum Gasteiger partial charge on any atom is -0.299 e. The van der Waals surface area contributed by atoms with E-state index in [4.69, 9.17) is 12.2 Å². The Bertz CT molecular complexity index is 636. The lowest BCUT2D eigenvalue weighted by atomic mass is 9.44. The molecule has 1 unspecified atom stereocenters. The lowest BCUT2D eigenvalue weighted by Crippen LogP contribution is -2.56. The van der Waals surface area contributed by atoms with Crippen LogP contribution in [0.2, 0.25) is 0 Å². The van der Waals surface area contributed by atoms with Crippen molar-refractivity contribution in [3.8, 4) is 0 Å². The third-order valence-electron chi connectivity index (χ3n) is 7.99. The maximum absolute atomic E-state index is 12.5. The molecule has 0 heterocycles. The van der Waals surface area contributed by atoms with Gasteiger partial charge in [0.05, 0.1) is 4.86 Å². The number of Topliss-reactive ketones (excluding diaryl/α,β-unsaturated/α-hetero) is 2. The quantitative estimate of drug-likeness (QED) is 0.490. The minimum atomic E-state index is -0.102. The average Bonchev–Trinajstić information content (AvgIpc) is 2.79. The second-order valence-electron chi connectivity index (χ2n) is 8.88. The number of hydrogen-bond acceptors (Lipinski definition) is 3. The van der Waals surface area contributed by atoms with E-state index in [-0.39, 0.29) is 22.5 Å². The van der Waals surface area contributed by atoms with Gasteiger partial charge >= 0.3 is 0 Å². The summed E-state index contributed by atoms with van der Waals surface area (Å²) in [5.41, 5.74) is 1.14. The summed E-state index contributed by atoms with van der Waals surface area (Å²) >= 11 is 5.54. The van der Waals surface area contributed by atoms with Crippen LogP contribution in [0.5, 0.6) is 0 Å². The van der Waals surface area contributed by atoms with Gasteiger partial charge in [0.2, 0.25) is 0 Å². The summed E-state index contributed by atoms with van der Waals surface area (Å²) in [7, 11) is 0. The van der Waals surface area contributed by atoms with Crippen molar-refractivity contribution in [2.24, 2.45) is 34.5 Å². The average molecular weight is 330 g/mol. The van der Waals surface area contributed by atoms with Crippen molar-refractivity contribution in [1.29, 1.82) is 0 Å². The molecule has 0 N–H and O–H groups in total. The van der Waals surface area contributed by atoms with Crippen molar-refractivity contribution in [3.63, 3.8) is 0 Å². The van der Waals surface area contributed by atoms with Crippen LogP contribution in [0, 0.1) is 34.5 Å². The summed E-state index contributed by atoms with van der Waals surface area (Å²) in [6.07, 6.45) is 6.44. The van der Waals surface area contributed by atoms with E-state index in [1.165, 1.54) is 0 Å². The second-order valence-corrected chi connectivity index (χ2v) is 9.32. The molecule has 4 rings (SSSR count). The molecule has 6 atom stereocenters. The lowest BCUT2D eigenvalue weighted by Gasteiger charge is -2.59. The molecule has 0 aliphatic heterocycles. The Morgan fingerprint density at radius 1 is 1.09 bits per heavy atom. The zero-order valence-electron chi connectivity index (χ0n) is 14.2. The van der Waals surface area contributed by atoms with Crippen molar-refractivity contribution in [1.82, 2.24) is 0 Å². The summed E-state index contributed by atoms with van der Waals surface area (Å²) in [5, 5.41) is 0. The molecule has 0 aromatic heterocycles. The standard InChI is InChI=1S/C20H26O2S/c1-11-10-12-13-4-5-16(22)19(13,2)8-6-14(12)20(3)9-7-15(21)18(23)17(11)20/h12-14,17H,1,4-10H2,2-3H3/t12-,13-,14+,17?,19-,20+/m0/s1. The van der Waals surface area contributed by atoms with Gasteiger partial charge in [-0.05, 0) is 55.3 Å². The summed E-state index contributed by atoms with van der Waals surface area (Å²) < 4.78 is 0. The van der Waals surface area contributed by atoms with Crippen molar-refractivity contribution in [2.45, 2.75) is 58.8 Å². The highest BCUT2D eigenvalue weighted by atomic mass is 32.1. The van der Waals surface area contributed by atoms with Crippen LogP contribution in [0.25, 0.3) is 0 Å². The molecule has 0 bridgehead atoms. The van der Waals surface area contributed by atoms with E-state index >= 15 is 0 Å². The molecule has 23 heavy (non-hydrogen) atoms. The molecule has 4 aliphatic rings. The summed E-state index contributed by atoms with van der Waals surface area (Å²) in [4.78, 5) is 25.2. The molecule has 0 aromatic carbocycles. The molecule has 0 radical (unpaired) electrons. The van der Waals surface area contributed by atoms with E-state index in [1.54, 1.807) is 0 Å². The van der Waals surface area contributed by atoms with Crippen LogP contribution >= 0.6 is 12.2 Å². The van der Waals surface area contributed by atoms with Crippen LogP contribution in [-0.2, 0) is 9.59 Å². The van der Waals surface area contributed by atoms with Gasteiger partial charge in [0.1, 0.15) is 5.78 Å². The molecule has 0 saturated heterocycles. The minimum absolute atomic E-state index is 0.0813. The monoisotopic (exact) mass is 330 g/mol. The molecular weight excluding hydrogens is 304 g/mol. The highest BCUT2D eigenvalue weighted by Gasteiger charge is 2.61. The van der Waals surface area contributed by atoms with Gasteiger partial charge in [-0.15, -0.1) is 0 Å². The first-order valence-corrected chi connectivity index (χ1v) is 9.48. The first kappa shape index (κ1) is 15.7. The molecule has 4 aliphatic carbocycles. The predicted octanol–water partition coefficient (Wildman–Crippen LogP) is 4.31.